The molecule has 0 amide bonds. The summed E-state index contributed by atoms with van der Waals surface area (Å²) in [5, 5.41) is 2.61. The number of piperidine rings is 1. The van der Waals surface area contributed by atoms with E-state index in [4.69, 9.17) is 11.6 Å². The third kappa shape index (κ3) is 4.85. The Bertz CT molecular complexity index is 1190. The Balaban J connectivity index is 1.44. The number of hydrogen-bond donors (Lipinski definition) is 0. The summed E-state index contributed by atoms with van der Waals surface area (Å²) in [6.45, 7) is 7.55. The van der Waals surface area contributed by atoms with E-state index in [2.05, 4.69) is 30.7 Å². The highest BCUT2D eigenvalue weighted by Crippen LogP contribution is 2.33. The number of thiazole rings is 1. The predicted molar refractivity (Wildman–Crippen MR) is 130 cm³/mol. The van der Waals surface area contributed by atoms with Crippen LogP contribution in [0.5, 0.6) is 0 Å². The molecule has 1 fully saturated rings. The number of aromatic nitrogens is 1. The Morgan fingerprint density at radius 3 is 2.34 bits per heavy atom. The van der Waals surface area contributed by atoms with E-state index in [-0.39, 0.29) is 5.41 Å². The molecule has 3 aromatic rings. The largest absolute Gasteiger partial charge is 0.348 e. The van der Waals surface area contributed by atoms with Crippen LogP contribution in [0, 0.1) is 5.82 Å². The van der Waals surface area contributed by atoms with Crippen LogP contribution in [0.3, 0.4) is 0 Å². The van der Waals surface area contributed by atoms with Gasteiger partial charge in [0.2, 0.25) is 0 Å². The Morgan fingerprint density at radius 1 is 1.09 bits per heavy atom. The number of rotatable bonds is 4. The summed E-state index contributed by atoms with van der Waals surface area (Å²) in [5.41, 5.74) is 2.40. The first kappa shape index (κ1) is 23.2. The quantitative estimate of drug-likeness (QED) is 0.426. The lowest BCUT2D eigenvalue weighted by Crippen LogP contribution is -2.39. The van der Waals surface area contributed by atoms with E-state index in [9.17, 15) is 12.8 Å². The van der Waals surface area contributed by atoms with Gasteiger partial charge in [0.25, 0.3) is 0 Å². The Kier molecular flexibility index (Phi) is 6.36. The molecule has 2 heterocycles. The van der Waals surface area contributed by atoms with Gasteiger partial charge < -0.3 is 4.90 Å². The van der Waals surface area contributed by atoms with Gasteiger partial charge in [-0.2, -0.15) is 0 Å². The van der Waals surface area contributed by atoms with Crippen LogP contribution in [-0.2, 0) is 15.3 Å². The van der Waals surface area contributed by atoms with Crippen molar-refractivity contribution in [1.29, 1.82) is 0 Å². The number of hydrogen-bond acceptors (Lipinski definition) is 5. The molecular formula is C24H26ClFN2O2S2. The maximum atomic E-state index is 13.7. The lowest BCUT2D eigenvalue weighted by Gasteiger charge is -2.31. The molecule has 0 bridgehead atoms. The average molecular weight is 493 g/mol. The van der Waals surface area contributed by atoms with Crippen molar-refractivity contribution in [3.05, 3.63) is 64.2 Å². The molecule has 0 radical (unpaired) electrons. The lowest BCUT2D eigenvalue weighted by atomic mass is 9.87. The average Bonchev–Trinajstić information content (AvgIpc) is 3.23. The van der Waals surface area contributed by atoms with Crippen molar-refractivity contribution in [2.45, 2.75) is 49.2 Å². The van der Waals surface area contributed by atoms with Gasteiger partial charge in [-0.15, -0.1) is 11.3 Å². The molecule has 0 spiro atoms. The van der Waals surface area contributed by atoms with E-state index in [0.29, 0.717) is 47.1 Å². The van der Waals surface area contributed by atoms with Crippen LogP contribution >= 0.6 is 22.9 Å². The van der Waals surface area contributed by atoms with E-state index in [1.807, 2.05) is 17.5 Å². The minimum absolute atomic E-state index is 0.0168. The first-order valence-corrected chi connectivity index (χ1v) is 13.4. The second-order valence-corrected chi connectivity index (χ2v) is 12.7. The number of sulfone groups is 1. The molecule has 0 unspecified atom stereocenters. The van der Waals surface area contributed by atoms with Gasteiger partial charge in [0, 0.05) is 29.1 Å². The van der Waals surface area contributed by atoms with Gasteiger partial charge in [-0.1, -0.05) is 44.5 Å². The standard InChI is InChI=1S/C24H26ClFN2O2S2/c1-24(2,3)17-4-6-20(7-5-17)32(29,30)21-8-10-28(11-9-21)23-27-22(15-31-23)16-12-18(25)14-19(26)13-16/h4-7,12-15,21H,8-11H2,1-3H3. The number of anilines is 1. The van der Waals surface area contributed by atoms with Crippen LogP contribution in [0.1, 0.15) is 39.2 Å². The summed E-state index contributed by atoms with van der Waals surface area (Å²) in [4.78, 5) is 7.13. The molecule has 0 atom stereocenters. The van der Waals surface area contributed by atoms with Crippen LogP contribution in [0.4, 0.5) is 9.52 Å². The predicted octanol–water partition coefficient (Wildman–Crippen LogP) is 6.34. The zero-order valence-corrected chi connectivity index (χ0v) is 20.7. The molecule has 8 heteroatoms. The fraction of sp³-hybridized carbons (Fsp3) is 0.375. The molecular weight excluding hydrogens is 467 g/mol. The third-order valence-electron chi connectivity index (χ3n) is 5.85. The molecule has 0 aliphatic carbocycles. The van der Waals surface area contributed by atoms with Gasteiger partial charge in [0.05, 0.1) is 15.8 Å². The van der Waals surface area contributed by atoms with E-state index in [1.54, 1.807) is 18.2 Å². The van der Waals surface area contributed by atoms with Gasteiger partial charge >= 0.3 is 0 Å². The van der Waals surface area contributed by atoms with Crippen molar-refractivity contribution in [3.63, 3.8) is 0 Å². The molecule has 1 aliphatic rings. The van der Waals surface area contributed by atoms with Crippen LogP contribution in [0.25, 0.3) is 11.3 Å². The van der Waals surface area contributed by atoms with Crippen molar-refractivity contribution in [3.8, 4) is 11.3 Å². The van der Waals surface area contributed by atoms with Gasteiger partial charge in [-0.3, -0.25) is 0 Å². The molecule has 4 nitrogen and oxygen atoms in total. The fourth-order valence-electron chi connectivity index (χ4n) is 3.94. The van der Waals surface area contributed by atoms with Crippen LogP contribution in [0.15, 0.2) is 52.7 Å². The molecule has 0 saturated carbocycles. The number of benzene rings is 2. The zero-order chi connectivity index (χ0) is 23.1. The second-order valence-electron chi connectivity index (χ2n) is 9.18. The summed E-state index contributed by atoms with van der Waals surface area (Å²) in [6.07, 6.45) is 1.09. The zero-order valence-electron chi connectivity index (χ0n) is 18.3. The summed E-state index contributed by atoms with van der Waals surface area (Å²) in [6, 6.07) is 11.7. The van der Waals surface area contributed by atoms with Crippen LogP contribution < -0.4 is 4.90 Å². The van der Waals surface area contributed by atoms with Crippen LogP contribution in [-0.4, -0.2) is 31.7 Å². The molecule has 4 rings (SSSR count). The highest BCUT2D eigenvalue weighted by molar-refractivity contribution is 7.92. The molecule has 0 N–H and O–H groups in total. The Hall–Kier alpha value is -1.96. The molecule has 1 aromatic heterocycles. The lowest BCUT2D eigenvalue weighted by molar-refractivity contribution is 0.529. The molecule has 1 saturated heterocycles. The highest BCUT2D eigenvalue weighted by atomic mass is 35.5. The molecule has 32 heavy (non-hydrogen) atoms. The first-order valence-electron chi connectivity index (χ1n) is 10.6. The summed E-state index contributed by atoms with van der Waals surface area (Å²) >= 11 is 7.44. The summed E-state index contributed by atoms with van der Waals surface area (Å²) in [5.74, 6) is -0.399. The Morgan fingerprint density at radius 2 is 1.75 bits per heavy atom. The van der Waals surface area contributed by atoms with Gasteiger partial charge in [-0.05, 0) is 54.2 Å². The fourth-order valence-corrected chi connectivity index (χ4v) is 6.78. The van der Waals surface area contributed by atoms with Crippen molar-refractivity contribution >= 4 is 37.9 Å². The first-order chi connectivity index (χ1) is 15.0. The van der Waals surface area contributed by atoms with Gasteiger partial charge in [-0.25, -0.2) is 17.8 Å². The summed E-state index contributed by atoms with van der Waals surface area (Å²) < 4.78 is 40.0. The Labute approximate surface area is 198 Å². The monoisotopic (exact) mass is 492 g/mol. The molecule has 1 aliphatic heterocycles. The van der Waals surface area contributed by atoms with Crippen molar-refractivity contribution in [2.75, 3.05) is 18.0 Å². The normalized spacial score (nSPS) is 15.8. The van der Waals surface area contributed by atoms with Crippen LogP contribution in [0.2, 0.25) is 5.02 Å². The van der Waals surface area contributed by atoms with E-state index in [1.165, 1.54) is 23.5 Å². The van der Waals surface area contributed by atoms with Gasteiger partial charge in [0.1, 0.15) is 5.82 Å². The maximum Gasteiger partial charge on any atom is 0.185 e. The van der Waals surface area contributed by atoms with Crippen molar-refractivity contribution in [1.82, 2.24) is 4.98 Å². The second kappa shape index (κ2) is 8.76. The van der Waals surface area contributed by atoms with Crippen molar-refractivity contribution < 1.29 is 12.8 Å². The SMILES string of the molecule is CC(C)(C)c1ccc(S(=O)(=O)C2CCN(c3nc(-c4cc(F)cc(Cl)c4)cs3)CC2)cc1. The van der Waals surface area contributed by atoms with Crippen molar-refractivity contribution in [2.24, 2.45) is 0 Å². The highest BCUT2D eigenvalue weighted by Gasteiger charge is 2.32. The topological polar surface area (TPSA) is 50.3 Å². The smallest absolute Gasteiger partial charge is 0.185 e. The third-order valence-corrected chi connectivity index (χ3v) is 9.25. The summed E-state index contributed by atoms with van der Waals surface area (Å²) in [7, 11) is -3.38. The minimum Gasteiger partial charge on any atom is -0.348 e. The number of nitrogens with zero attached hydrogens (tertiary/aromatic N) is 2. The maximum absolute atomic E-state index is 13.7. The molecule has 170 valence electrons. The van der Waals surface area contributed by atoms with E-state index < -0.39 is 20.9 Å². The van der Waals surface area contributed by atoms with Gasteiger partial charge in [0.15, 0.2) is 15.0 Å². The minimum atomic E-state index is -3.38. The molecule has 2 aromatic carbocycles. The number of halogens is 2. The van der Waals surface area contributed by atoms with E-state index in [0.717, 1.165) is 10.7 Å². The van der Waals surface area contributed by atoms with E-state index >= 15 is 0 Å².